The first kappa shape index (κ1) is 17.3. The molecule has 0 saturated heterocycles. The molecule has 0 spiro atoms. The van der Waals surface area contributed by atoms with E-state index < -0.39 is 0 Å². The topological polar surface area (TPSA) is 73.2 Å². The predicted octanol–water partition coefficient (Wildman–Crippen LogP) is 2.75. The van der Waals surface area contributed by atoms with Crippen LogP contribution in [0.2, 0.25) is 0 Å². The Labute approximate surface area is 148 Å². The first-order valence-electron chi connectivity index (χ1n) is 7.82. The summed E-state index contributed by atoms with van der Waals surface area (Å²) >= 11 is 0. The van der Waals surface area contributed by atoms with E-state index in [1.54, 1.807) is 37.5 Å². The summed E-state index contributed by atoms with van der Waals surface area (Å²) in [6.07, 6.45) is 3.04. The van der Waals surface area contributed by atoms with Crippen molar-refractivity contribution < 1.29 is 13.9 Å². The lowest BCUT2D eigenvalue weighted by atomic mass is 10.2. The van der Waals surface area contributed by atoms with Crippen LogP contribution in [-0.4, -0.2) is 15.5 Å². The fraction of sp³-hybridized carbons (Fsp3) is 0.105. The average molecular weight is 353 g/mol. The molecule has 7 heteroatoms. The Bertz CT molecular complexity index is 967. The van der Waals surface area contributed by atoms with Gasteiger partial charge in [-0.25, -0.2) is 9.37 Å². The molecule has 1 N–H and O–H groups in total. The number of hydrogen-bond donors (Lipinski definition) is 1. The van der Waals surface area contributed by atoms with Gasteiger partial charge in [0.25, 0.3) is 5.91 Å². The van der Waals surface area contributed by atoms with Crippen LogP contribution in [0.1, 0.15) is 15.9 Å². The van der Waals surface area contributed by atoms with Gasteiger partial charge in [-0.1, -0.05) is 6.07 Å². The third-order valence-electron chi connectivity index (χ3n) is 3.63. The molecule has 6 nitrogen and oxygen atoms in total. The van der Waals surface area contributed by atoms with Crippen LogP contribution in [0.3, 0.4) is 0 Å². The molecule has 0 aliphatic rings. The summed E-state index contributed by atoms with van der Waals surface area (Å²) in [5, 5.41) is 2.66. The molecule has 0 saturated carbocycles. The molecule has 0 unspecified atom stereocenters. The maximum atomic E-state index is 12.8. The minimum atomic E-state index is -0.358. The van der Waals surface area contributed by atoms with E-state index in [0.29, 0.717) is 17.1 Å². The van der Waals surface area contributed by atoms with E-state index in [-0.39, 0.29) is 23.9 Å². The van der Waals surface area contributed by atoms with E-state index in [4.69, 9.17) is 4.74 Å². The zero-order valence-corrected chi connectivity index (χ0v) is 14.0. The molecule has 3 aromatic rings. The second kappa shape index (κ2) is 7.60. The van der Waals surface area contributed by atoms with Gasteiger partial charge in [0.15, 0.2) is 0 Å². The van der Waals surface area contributed by atoms with Crippen molar-refractivity contribution in [2.75, 3.05) is 5.32 Å². The van der Waals surface area contributed by atoms with E-state index in [0.717, 1.165) is 5.56 Å². The van der Waals surface area contributed by atoms with Crippen LogP contribution in [0, 0.1) is 5.82 Å². The SMILES string of the molecule is Cn1cc(C(=O)Nc2ccc(COc3ccc(F)cc3)cn2)ccc1=O. The third-order valence-corrected chi connectivity index (χ3v) is 3.63. The van der Waals surface area contributed by atoms with Gasteiger partial charge in [-0.2, -0.15) is 0 Å². The van der Waals surface area contributed by atoms with Crippen molar-refractivity contribution in [3.63, 3.8) is 0 Å². The van der Waals surface area contributed by atoms with E-state index >= 15 is 0 Å². The number of carbonyl (C=O) groups excluding carboxylic acids is 1. The van der Waals surface area contributed by atoms with Gasteiger partial charge in [0.2, 0.25) is 5.56 Å². The summed E-state index contributed by atoms with van der Waals surface area (Å²) in [7, 11) is 1.58. The Morgan fingerprint density at radius 3 is 2.58 bits per heavy atom. The van der Waals surface area contributed by atoms with Gasteiger partial charge in [0, 0.05) is 31.1 Å². The third kappa shape index (κ3) is 4.32. The predicted molar refractivity (Wildman–Crippen MR) is 94.6 cm³/mol. The number of halogens is 1. The highest BCUT2D eigenvalue weighted by Gasteiger charge is 2.08. The number of nitrogens with one attached hydrogen (secondary N) is 1. The number of benzene rings is 1. The quantitative estimate of drug-likeness (QED) is 0.765. The Hall–Kier alpha value is -3.48. The summed E-state index contributed by atoms with van der Waals surface area (Å²) in [5.74, 6) is 0.258. The zero-order valence-electron chi connectivity index (χ0n) is 14.0. The monoisotopic (exact) mass is 353 g/mol. The van der Waals surface area contributed by atoms with E-state index in [1.807, 2.05) is 0 Å². The molecule has 1 amide bonds. The van der Waals surface area contributed by atoms with Crippen molar-refractivity contribution in [1.82, 2.24) is 9.55 Å². The summed E-state index contributed by atoms with van der Waals surface area (Å²) < 4.78 is 19.7. The standard InChI is InChI=1S/C19H16FN3O3/c1-23-11-14(3-9-18(23)24)19(25)22-17-8-2-13(10-21-17)12-26-16-6-4-15(20)5-7-16/h2-11H,12H2,1H3,(H,21,22,25). The molecular weight excluding hydrogens is 337 g/mol. The minimum Gasteiger partial charge on any atom is -0.489 e. The number of ether oxygens (including phenoxy) is 1. The largest absolute Gasteiger partial charge is 0.489 e. The molecule has 132 valence electrons. The molecule has 1 aromatic carbocycles. The summed E-state index contributed by atoms with van der Waals surface area (Å²) in [6, 6.07) is 12.0. The number of amides is 1. The number of nitrogens with zero attached hydrogens (tertiary/aromatic N) is 2. The Balaban J connectivity index is 1.60. The molecule has 0 bridgehead atoms. The molecule has 3 rings (SSSR count). The van der Waals surface area contributed by atoms with Crippen molar-refractivity contribution in [3.8, 4) is 5.75 Å². The van der Waals surface area contributed by atoms with Crippen molar-refractivity contribution in [1.29, 1.82) is 0 Å². The lowest BCUT2D eigenvalue weighted by Gasteiger charge is -2.08. The number of aryl methyl sites for hydroxylation is 1. The number of aromatic nitrogens is 2. The lowest BCUT2D eigenvalue weighted by Crippen LogP contribution is -2.19. The van der Waals surface area contributed by atoms with Crippen LogP contribution < -0.4 is 15.6 Å². The average Bonchev–Trinajstić information content (AvgIpc) is 2.64. The number of carbonyl (C=O) groups is 1. The first-order chi connectivity index (χ1) is 12.5. The second-order valence-electron chi connectivity index (χ2n) is 5.62. The van der Waals surface area contributed by atoms with Crippen LogP contribution in [0.15, 0.2) is 65.7 Å². The van der Waals surface area contributed by atoms with Crippen molar-refractivity contribution in [2.24, 2.45) is 7.05 Å². The normalized spacial score (nSPS) is 10.4. The van der Waals surface area contributed by atoms with Crippen LogP contribution in [0.5, 0.6) is 5.75 Å². The molecule has 2 aromatic heterocycles. The number of rotatable bonds is 5. The molecule has 0 aliphatic carbocycles. The minimum absolute atomic E-state index is 0.190. The second-order valence-corrected chi connectivity index (χ2v) is 5.62. The van der Waals surface area contributed by atoms with Crippen LogP contribution in [0.4, 0.5) is 10.2 Å². The van der Waals surface area contributed by atoms with Crippen LogP contribution in [-0.2, 0) is 13.7 Å². The number of hydrogen-bond acceptors (Lipinski definition) is 4. The Morgan fingerprint density at radius 2 is 1.92 bits per heavy atom. The van der Waals surface area contributed by atoms with Crippen LogP contribution in [0.25, 0.3) is 0 Å². The van der Waals surface area contributed by atoms with Gasteiger partial charge < -0.3 is 14.6 Å². The number of pyridine rings is 2. The van der Waals surface area contributed by atoms with E-state index in [9.17, 15) is 14.0 Å². The lowest BCUT2D eigenvalue weighted by molar-refractivity contribution is 0.102. The van der Waals surface area contributed by atoms with Crippen molar-refractivity contribution >= 4 is 11.7 Å². The zero-order chi connectivity index (χ0) is 18.5. The van der Waals surface area contributed by atoms with Gasteiger partial charge in [0.1, 0.15) is 24.0 Å². The molecular formula is C19H16FN3O3. The highest BCUT2D eigenvalue weighted by atomic mass is 19.1. The summed E-state index contributed by atoms with van der Waals surface area (Å²) in [6.45, 7) is 0.271. The molecule has 0 fully saturated rings. The first-order valence-corrected chi connectivity index (χ1v) is 7.82. The Kier molecular flexibility index (Phi) is 5.07. The van der Waals surface area contributed by atoms with Gasteiger partial charge in [-0.3, -0.25) is 9.59 Å². The molecule has 0 aliphatic heterocycles. The molecule has 0 atom stereocenters. The fourth-order valence-corrected chi connectivity index (χ4v) is 2.20. The Morgan fingerprint density at radius 1 is 1.15 bits per heavy atom. The van der Waals surface area contributed by atoms with Crippen LogP contribution >= 0.6 is 0 Å². The smallest absolute Gasteiger partial charge is 0.258 e. The maximum absolute atomic E-state index is 12.8. The van der Waals surface area contributed by atoms with E-state index in [1.165, 1.54) is 35.0 Å². The van der Waals surface area contributed by atoms with E-state index in [2.05, 4.69) is 10.3 Å². The highest BCUT2D eigenvalue weighted by molar-refractivity contribution is 6.03. The van der Waals surface area contributed by atoms with Gasteiger partial charge >= 0.3 is 0 Å². The summed E-state index contributed by atoms with van der Waals surface area (Å²) in [5.41, 5.74) is 0.970. The maximum Gasteiger partial charge on any atom is 0.258 e. The van der Waals surface area contributed by atoms with Crippen molar-refractivity contribution in [2.45, 2.75) is 6.61 Å². The molecule has 26 heavy (non-hydrogen) atoms. The fourth-order valence-electron chi connectivity index (χ4n) is 2.20. The highest BCUT2D eigenvalue weighted by Crippen LogP contribution is 2.14. The van der Waals surface area contributed by atoms with Crippen molar-refractivity contribution in [3.05, 3.63) is 88.2 Å². The van der Waals surface area contributed by atoms with Gasteiger partial charge in [-0.05, 0) is 36.4 Å². The molecule has 2 heterocycles. The number of anilines is 1. The molecule has 0 radical (unpaired) electrons. The van der Waals surface area contributed by atoms with Gasteiger partial charge in [-0.15, -0.1) is 0 Å². The van der Waals surface area contributed by atoms with Gasteiger partial charge in [0.05, 0.1) is 5.56 Å². The summed E-state index contributed by atoms with van der Waals surface area (Å²) in [4.78, 5) is 27.7.